The number of benzene rings is 1. The van der Waals surface area contributed by atoms with Gasteiger partial charge in [0.1, 0.15) is 5.57 Å². The van der Waals surface area contributed by atoms with Gasteiger partial charge in [-0.25, -0.2) is 4.98 Å². The minimum Gasteiger partial charge on any atom is -0.342 e. The average molecular weight is 443 g/mol. The molecule has 146 valence electrons. The maximum Gasteiger partial charge on any atom is 0.265 e. The minimum atomic E-state index is -0.508. The van der Waals surface area contributed by atoms with Crippen molar-refractivity contribution in [1.82, 2.24) is 19.8 Å². The number of para-hydroxylation sites is 1. The van der Waals surface area contributed by atoms with E-state index in [1.165, 1.54) is 16.2 Å². The first-order chi connectivity index (χ1) is 14.0. The number of thiazole rings is 1. The number of hydrogen-bond donors (Lipinski definition) is 1. The Labute approximate surface area is 181 Å². The number of nitrogens with one attached hydrogen (secondary N) is 1. The zero-order chi connectivity index (χ0) is 20.5. The van der Waals surface area contributed by atoms with Gasteiger partial charge in [0, 0.05) is 40.3 Å². The summed E-state index contributed by atoms with van der Waals surface area (Å²) in [6.07, 6.45) is 6.82. The molecule has 0 spiro atoms. The van der Waals surface area contributed by atoms with E-state index in [1.807, 2.05) is 35.0 Å². The van der Waals surface area contributed by atoms with E-state index < -0.39 is 11.8 Å². The number of thiocarbonyl (C=S) groups is 1. The normalized spacial score (nSPS) is 16.0. The Hall–Kier alpha value is -2.81. The highest BCUT2D eigenvalue weighted by Crippen LogP contribution is 2.27. The van der Waals surface area contributed by atoms with Crippen molar-refractivity contribution in [2.75, 3.05) is 6.54 Å². The van der Waals surface area contributed by atoms with Crippen molar-refractivity contribution in [1.29, 1.82) is 0 Å². The van der Waals surface area contributed by atoms with E-state index in [2.05, 4.69) is 16.9 Å². The van der Waals surface area contributed by atoms with Gasteiger partial charge in [-0.05, 0) is 24.4 Å². The quantitative estimate of drug-likeness (QED) is 0.283. The first-order valence-corrected chi connectivity index (χ1v) is 10.3. The summed E-state index contributed by atoms with van der Waals surface area (Å²) in [5, 5.41) is 3.58. The first kappa shape index (κ1) is 19.5. The van der Waals surface area contributed by atoms with Crippen molar-refractivity contribution in [3.63, 3.8) is 0 Å². The lowest BCUT2D eigenvalue weighted by atomic mass is 10.1. The van der Waals surface area contributed by atoms with Crippen molar-refractivity contribution in [2.45, 2.75) is 6.54 Å². The summed E-state index contributed by atoms with van der Waals surface area (Å²) >= 11 is 12.5. The largest absolute Gasteiger partial charge is 0.342 e. The zero-order valence-electron chi connectivity index (χ0n) is 15.1. The molecule has 4 rings (SSSR count). The molecule has 0 unspecified atom stereocenters. The third-order valence-electron chi connectivity index (χ3n) is 4.47. The molecule has 29 heavy (non-hydrogen) atoms. The predicted molar refractivity (Wildman–Crippen MR) is 119 cm³/mol. The number of carbonyl (C=O) groups is 2. The van der Waals surface area contributed by atoms with Crippen molar-refractivity contribution in [2.24, 2.45) is 0 Å². The average Bonchev–Trinajstić information content (AvgIpc) is 3.26. The minimum absolute atomic E-state index is 0.0317. The van der Waals surface area contributed by atoms with E-state index in [0.717, 1.165) is 21.3 Å². The molecule has 1 aliphatic heterocycles. The first-order valence-electron chi connectivity index (χ1n) is 8.65. The second-order valence-corrected chi connectivity index (χ2v) is 8.41. The number of halogens is 1. The topological polar surface area (TPSA) is 67.2 Å². The van der Waals surface area contributed by atoms with Crippen molar-refractivity contribution < 1.29 is 9.59 Å². The lowest BCUT2D eigenvalue weighted by Gasteiger charge is -2.27. The van der Waals surface area contributed by atoms with Crippen molar-refractivity contribution in [3.05, 3.63) is 69.8 Å². The van der Waals surface area contributed by atoms with Crippen LogP contribution in [0.2, 0.25) is 4.47 Å². The molecule has 0 bridgehead atoms. The van der Waals surface area contributed by atoms with Crippen LogP contribution in [0.5, 0.6) is 0 Å². The van der Waals surface area contributed by atoms with Gasteiger partial charge in [0.25, 0.3) is 11.8 Å². The monoisotopic (exact) mass is 442 g/mol. The molecular weight excluding hydrogens is 428 g/mol. The summed E-state index contributed by atoms with van der Waals surface area (Å²) in [6, 6.07) is 7.80. The Kier molecular flexibility index (Phi) is 5.31. The van der Waals surface area contributed by atoms with Gasteiger partial charge in [0.05, 0.1) is 6.54 Å². The highest BCUT2D eigenvalue weighted by molar-refractivity contribution is 7.80. The number of carbonyl (C=O) groups excluding carboxylic acids is 2. The number of aromatic nitrogens is 2. The van der Waals surface area contributed by atoms with Crippen LogP contribution >= 0.6 is 35.2 Å². The smallest absolute Gasteiger partial charge is 0.265 e. The van der Waals surface area contributed by atoms with Gasteiger partial charge in [-0.15, -0.1) is 17.9 Å². The van der Waals surface area contributed by atoms with Gasteiger partial charge in [0.2, 0.25) is 0 Å². The summed E-state index contributed by atoms with van der Waals surface area (Å²) in [5.41, 5.74) is 1.77. The SMILES string of the molecule is C=CCN1C(=O)/C(=C/c2cn(Cc3cnc(Cl)s3)c3ccccc23)C(=O)NC1=S. The number of amides is 2. The second kappa shape index (κ2) is 7.90. The van der Waals surface area contributed by atoms with Crippen molar-refractivity contribution >= 4 is 69.1 Å². The van der Waals surface area contributed by atoms with Crippen LogP contribution in [0.3, 0.4) is 0 Å². The molecule has 0 atom stereocenters. The molecule has 0 radical (unpaired) electrons. The maximum absolute atomic E-state index is 12.8. The fourth-order valence-electron chi connectivity index (χ4n) is 3.19. The van der Waals surface area contributed by atoms with Crippen LogP contribution in [0, 0.1) is 0 Å². The summed E-state index contributed by atoms with van der Waals surface area (Å²) in [7, 11) is 0. The molecule has 1 N–H and O–H groups in total. The number of nitrogens with zero attached hydrogens (tertiary/aromatic N) is 3. The van der Waals surface area contributed by atoms with E-state index in [4.69, 9.17) is 23.8 Å². The molecule has 1 aliphatic rings. The predicted octanol–water partition coefficient (Wildman–Crippen LogP) is 3.61. The third kappa shape index (κ3) is 3.74. The lowest BCUT2D eigenvalue weighted by Crippen LogP contribution is -2.53. The second-order valence-electron chi connectivity index (χ2n) is 6.33. The standard InChI is InChI=1S/C20H15ClN4O2S2/c1-2-7-25-18(27)15(17(26)23-20(25)28)8-12-10-24(11-13-9-22-19(21)29-13)16-6-4-3-5-14(12)16/h2-6,8-10H,1,7,11H2,(H,23,26,28)/b15-8+. The highest BCUT2D eigenvalue weighted by atomic mass is 35.5. The van der Waals surface area contributed by atoms with Crippen molar-refractivity contribution in [3.8, 4) is 0 Å². The number of hydrogen-bond acceptors (Lipinski definition) is 5. The van der Waals surface area contributed by atoms with E-state index >= 15 is 0 Å². The molecule has 2 amide bonds. The Morgan fingerprint density at radius 2 is 2.10 bits per heavy atom. The molecule has 1 fully saturated rings. The summed E-state index contributed by atoms with van der Waals surface area (Å²) in [4.78, 5) is 31.6. The third-order valence-corrected chi connectivity index (χ3v) is 5.89. The van der Waals surface area contributed by atoms with Gasteiger partial charge in [0.15, 0.2) is 9.58 Å². The van der Waals surface area contributed by atoms with Crippen LogP contribution < -0.4 is 5.32 Å². The fraction of sp³-hybridized carbons (Fsp3) is 0.100. The van der Waals surface area contributed by atoms with Gasteiger partial charge >= 0.3 is 0 Å². The molecule has 0 saturated carbocycles. The number of fused-ring (bicyclic) bond motifs is 1. The van der Waals surface area contributed by atoms with Crippen LogP contribution in [0.15, 0.2) is 54.9 Å². The van der Waals surface area contributed by atoms with Crippen LogP contribution in [0.4, 0.5) is 0 Å². The molecule has 2 aromatic heterocycles. The van der Waals surface area contributed by atoms with Gasteiger partial charge < -0.3 is 4.57 Å². The molecule has 0 aliphatic carbocycles. The molecular formula is C20H15ClN4O2S2. The fourth-order valence-corrected chi connectivity index (χ4v) is 4.42. The molecule has 3 aromatic rings. The summed E-state index contributed by atoms with van der Waals surface area (Å²) in [6.45, 7) is 4.44. The van der Waals surface area contributed by atoms with Gasteiger partial charge in [-0.1, -0.05) is 35.9 Å². The van der Waals surface area contributed by atoms with Gasteiger partial charge in [-0.2, -0.15) is 0 Å². The van der Waals surface area contributed by atoms with Gasteiger partial charge in [-0.3, -0.25) is 19.8 Å². The van der Waals surface area contributed by atoms with E-state index in [0.29, 0.717) is 11.0 Å². The molecule has 1 aromatic carbocycles. The summed E-state index contributed by atoms with van der Waals surface area (Å²) < 4.78 is 2.53. The van der Waals surface area contributed by atoms with Crippen LogP contribution in [-0.4, -0.2) is 37.9 Å². The van der Waals surface area contributed by atoms with Crippen LogP contribution in [0.1, 0.15) is 10.4 Å². The van der Waals surface area contributed by atoms with E-state index in [-0.39, 0.29) is 17.2 Å². The Morgan fingerprint density at radius 1 is 1.31 bits per heavy atom. The van der Waals surface area contributed by atoms with E-state index in [9.17, 15) is 9.59 Å². The Morgan fingerprint density at radius 3 is 2.83 bits per heavy atom. The Bertz CT molecular complexity index is 1190. The van der Waals surface area contributed by atoms with Crippen LogP contribution in [-0.2, 0) is 16.1 Å². The maximum atomic E-state index is 12.8. The molecule has 1 saturated heterocycles. The zero-order valence-corrected chi connectivity index (χ0v) is 17.5. The van der Waals surface area contributed by atoms with E-state index in [1.54, 1.807) is 18.3 Å². The molecule has 9 heteroatoms. The summed E-state index contributed by atoms with van der Waals surface area (Å²) in [5.74, 6) is -0.948. The highest BCUT2D eigenvalue weighted by Gasteiger charge is 2.32. The molecule has 6 nitrogen and oxygen atoms in total. The molecule has 3 heterocycles. The van der Waals surface area contributed by atoms with Crippen LogP contribution in [0.25, 0.3) is 17.0 Å². The lowest BCUT2D eigenvalue weighted by molar-refractivity contribution is -0.128. The number of rotatable bonds is 5. The Balaban J connectivity index is 1.77.